The number of carbonyl (C=O) groups excluding carboxylic acids is 1. The summed E-state index contributed by atoms with van der Waals surface area (Å²) < 4.78 is 1.58. The maximum absolute atomic E-state index is 11.2. The molecule has 0 saturated heterocycles. The molecule has 4 nitrogen and oxygen atoms in total. The zero-order valence-corrected chi connectivity index (χ0v) is 14.1. The highest BCUT2D eigenvalue weighted by atomic mass is 79.9. The van der Waals surface area contributed by atoms with Crippen molar-refractivity contribution < 1.29 is 9.90 Å². The molecule has 0 bridgehead atoms. The standard InChI is InChI=1S/C13H18Br2N2O2/c1-3-4-16-7-12(19)10-5-9(14)6-11(15)13(10)17-8(2)18/h5-6,12,16,19H,3-4,7H2,1-2H3,(H,17,18). The number of carbonyl (C=O) groups is 1. The van der Waals surface area contributed by atoms with Crippen LogP contribution in [0.5, 0.6) is 0 Å². The number of halogens is 2. The van der Waals surface area contributed by atoms with Crippen LogP contribution >= 0.6 is 31.9 Å². The van der Waals surface area contributed by atoms with E-state index in [1.54, 1.807) is 0 Å². The summed E-state index contributed by atoms with van der Waals surface area (Å²) in [5.74, 6) is -0.169. The van der Waals surface area contributed by atoms with Crippen LogP contribution in [-0.2, 0) is 4.79 Å². The van der Waals surface area contributed by atoms with E-state index in [1.165, 1.54) is 6.92 Å². The van der Waals surface area contributed by atoms with E-state index in [4.69, 9.17) is 0 Å². The SMILES string of the molecule is CCCNCC(O)c1cc(Br)cc(Br)c1NC(C)=O. The predicted octanol–water partition coefficient (Wildman–Crippen LogP) is 3.20. The maximum Gasteiger partial charge on any atom is 0.221 e. The largest absolute Gasteiger partial charge is 0.387 e. The molecule has 1 aromatic carbocycles. The van der Waals surface area contributed by atoms with Crippen LogP contribution in [-0.4, -0.2) is 24.1 Å². The van der Waals surface area contributed by atoms with Crippen molar-refractivity contribution in [2.24, 2.45) is 0 Å². The fourth-order valence-corrected chi connectivity index (χ4v) is 3.05. The molecule has 0 aliphatic carbocycles. The molecule has 1 rings (SSSR count). The number of hydrogen-bond acceptors (Lipinski definition) is 3. The van der Waals surface area contributed by atoms with E-state index in [0.717, 1.165) is 21.9 Å². The molecular formula is C13H18Br2N2O2. The van der Waals surface area contributed by atoms with Gasteiger partial charge in [-0.1, -0.05) is 22.9 Å². The summed E-state index contributed by atoms with van der Waals surface area (Å²) >= 11 is 6.79. The third-order valence-corrected chi connectivity index (χ3v) is 3.59. The third kappa shape index (κ3) is 5.22. The molecular weight excluding hydrogens is 376 g/mol. The molecule has 0 aliphatic heterocycles. The highest BCUT2D eigenvalue weighted by Gasteiger charge is 2.16. The van der Waals surface area contributed by atoms with Gasteiger partial charge < -0.3 is 15.7 Å². The predicted molar refractivity (Wildman–Crippen MR) is 84.3 cm³/mol. The molecule has 6 heteroatoms. The lowest BCUT2D eigenvalue weighted by atomic mass is 10.1. The summed E-state index contributed by atoms with van der Waals surface area (Å²) in [6.45, 7) is 4.81. The van der Waals surface area contributed by atoms with Crippen molar-refractivity contribution in [3.63, 3.8) is 0 Å². The normalized spacial score (nSPS) is 12.3. The van der Waals surface area contributed by atoms with Crippen LogP contribution in [0.15, 0.2) is 21.1 Å². The quantitative estimate of drug-likeness (QED) is 0.650. The van der Waals surface area contributed by atoms with Crippen molar-refractivity contribution in [2.75, 3.05) is 18.4 Å². The fourth-order valence-electron chi connectivity index (χ4n) is 1.69. The van der Waals surface area contributed by atoms with Crippen molar-refractivity contribution in [1.29, 1.82) is 0 Å². The van der Waals surface area contributed by atoms with E-state index >= 15 is 0 Å². The van der Waals surface area contributed by atoms with Gasteiger partial charge in [-0.25, -0.2) is 0 Å². The second-order valence-electron chi connectivity index (χ2n) is 4.25. The van der Waals surface area contributed by atoms with E-state index in [1.807, 2.05) is 12.1 Å². The summed E-state index contributed by atoms with van der Waals surface area (Å²) in [7, 11) is 0. The number of anilines is 1. The van der Waals surface area contributed by atoms with Crippen molar-refractivity contribution in [1.82, 2.24) is 5.32 Å². The van der Waals surface area contributed by atoms with Crippen molar-refractivity contribution >= 4 is 43.5 Å². The topological polar surface area (TPSA) is 61.4 Å². The highest BCUT2D eigenvalue weighted by Crippen LogP contribution is 2.34. The second kappa shape index (κ2) is 7.99. The number of amides is 1. The van der Waals surface area contributed by atoms with Crippen LogP contribution in [0.25, 0.3) is 0 Å². The summed E-state index contributed by atoms with van der Waals surface area (Å²) in [4.78, 5) is 11.2. The molecule has 1 atom stereocenters. The van der Waals surface area contributed by atoms with Gasteiger partial charge in [-0.2, -0.15) is 0 Å². The Morgan fingerprint density at radius 2 is 2.11 bits per heavy atom. The molecule has 0 saturated carbocycles. The summed E-state index contributed by atoms with van der Waals surface area (Å²) in [5.41, 5.74) is 1.29. The van der Waals surface area contributed by atoms with Crippen LogP contribution in [0.3, 0.4) is 0 Å². The number of aliphatic hydroxyl groups is 1. The molecule has 1 amide bonds. The Morgan fingerprint density at radius 1 is 1.42 bits per heavy atom. The van der Waals surface area contributed by atoms with Crippen LogP contribution in [0.4, 0.5) is 5.69 Å². The Hall–Kier alpha value is -0.430. The second-order valence-corrected chi connectivity index (χ2v) is 6.02. The minimum atomic E-state index is -0.679. The first-order valence-corrected chi connectivity index (χ1v) is 7.69. The maximum atomic E-state index is 11.2. The van der Waals surface area contributed by atoms with Crippen molar-refractivity contribution in [3.8, 4) is 0 Å². The van der Waals surface area contributed by atoms with Crippen LogP contribution < -0.4 is 10.6 Å². The lowest BCUT2D eigenvalue weighted by Crippen LogP contribution is -2.23. The summed E-state index contributed by atoms with van der Waals surface area (Å²) in [6.07, 6.45) is 0.329. The van der Waals surface area contributed by atoms with Gasteiger partial charge in [0, 0.05) is 28.0 Å². The number of rotatable bonds is 6. The number of hydrogen-bond donors (Lipinski definition) is 3. The molecule has 19 heavy (non-hydrogen) atoms. The Kier molecular flexibility index (Phi) is 6.99. The van der Waals surface area contributed by atoms with Gasteiger partial charge in [0.25, 0.3) is 0 Å². The Balaban J connectivity index is 2.98. The van der Waals surface area contributed by atoms with Gasteiger partial charge in [-0.3, -0.25) is 4.79 Å². The molecule has 0 aliphatic rings. The monoisotopic (exact) mass is 392 g/mol. The molecule has 0 heterocycles. The van der Waals surface area contributed by atoms with E-state index < -0.39 is 6.10 Å². The van der Waals surface area contributed by atoms with Gasteiger partial charge in [0.15, 0.2) is 0 Å². The Bertz CT molecular complexity index is 453. The van der Waals surface area contributed by atoms with Crippen LogP contribution in [0.2, 0.25) is 0 Å². The molecule has 3 N–H and O–H groups in total. The van der Waals surface area contributed by atoms with Gasteiger partial charge in [0.05, 0.1) is 11.8 Å². The molecule has 1 aromatic rings. The number of benzene rings is 1. The van der Waals surface area contributed by atoms with E-state index in [2.05, 4.69) is 49.4 Å². The summed E-state index contributed by atoms with van der Waals surface area (Å²) in [5, 5.41) is 16.1. The Labute approximate surface area is 130 Å². The zero-order chi connectivity index (χ0) is 14.4. The van der Waals surface area contributed by atoms with E-state index in [9.17, 15) is 9.90 Å². The molecule has 0 radical (unpaired) electrons. The average Bonchev–Trinajstić information content (AvgIpc) is 2.32. The summed E-state index contributed by atoms with van der Waals surface area (Å²) in [6, 6.07) is 3.65. The number of nitrogens with one attached hydrogen (secondary N) is 2. The first-order valence-electron chi connectivity index (χ1n) is 6.11. The first kappa shape index (κ1) is 16.6. The van der Waals surface area contributed by atoms with Gasteiger partial charge in [0.2, 0.25) is 5.91 Å². The number of aliphatic hydroxyl groups excluding tert-OH is 1. The average molecular weight is 394 g/mol. The molecule has 106 valence electrons. The minimum absolute atomic E-state index is 0.169. The van der Waals surface area contributed by atoms with Gasteiger partial charge in [-0.15, -0.1) is 0 Å². The van der Waals surface area contributed by atoms with Gasteiger partial charge in [0.1, 0.15) is 0 Å². The molecule has 1 unspecified atom stereocenters. The smallest absolute Gasteiger partial charge is 0.221 e. The van der Waals surface area contributed by atoms with Crippen LogP contribution in [0.1, 0.15) is 31.9 Å². The molecule has 0 fully saturated rings. The minimum Gasteiger partial charge on any atom is -0.387 e. The first-order chi connectivity index (χ1) is 8.95. The van der Waals surface area contributed by atoms with Gasteiger partial charge in [-0.05, 0) is 41.0 Å². The lowest BCUT2D eigenvalue weighted by Gasteiger charge is -2.18. The molecule has 0 spiro atoms. The highest BCUT2D eigenvalue weighted by molar-refractivity contribution is 9.11. The lowest BCUT2D eigenvalue weighted by molar-refractivity contribution is -0.114. The van der Waals surface area contributed by atoms with Crippen LogP contribution in [0, 0.1) is 0 Å². The Morgan fingerprint density at radius 3 is 2.68 bits per heavy atom. The van der Waals surface area contributed by atoms with Gasteiger partial charge >= 0.3 is 0 Å². The van der Waals surface area contributed by atoms with E-state index in [-0.39, 0.29) is 5.91 Å². The zero-order valence-electron chi connectivity index (χ0n) is 11.0. The van der Waals surface area contributed by atoms with Crippen molar-refractivity contribution in [3.05, 3.63) is 26.6 Å². The third-order valence-electron chi connectivity index (χ3n) is 2.51. The molecule has 0 aromatic heterocycles. The van der Waals surface area contributed by atoms with E-state index in [0.29, 0.717) is 17.8 Å². The fraction of sp³-hybridized carbons (Fsp3) is 0.462. The van der Waals surface area contributed by atoms with Crippen molar-refractivity contribution in [2.45, 2.75) is 26.4 Å².